The molecule has 1 fully saturated rings. The Hall–Kier alpha value is -0.710. The van der Waals surface area contributed by atoms with Crippen LogP contribution in [0.15, 0.2) is 24.3 Å². The van der Waals surface area contributed by atoms with E-state index >= 15 is 0 Å². The summed E-state index contributed by atoms with van der Waals surface area (Å²) in [5, 5.41) is 14.3. The molecule has 0 aliphatic heterocycles. The highest BCUT2D eigenvalue weighted by atomic mass is 32.2. The Morgan fingerprint density at radius 3 is 2.81 bits per heavy atom. The van der Waals surface area contributed by atoms with Crippen molar-refractivity contribution >= 4 is 11.8 Å². The molecule has 0 saturated heterocycles. The summed E-state index contributed by atoms with van der Waals surface area (Å²) in [4.78, 5) is 0. The standard InChI is InChI=1S/C17H27NO2S/c1-3-21-17-6-4-5-16(17)18-11-14(19)12-20-15-9-7-13(2)8-10-15/h7-10,14,16-19H,3-6,11-12H2,1-2H3. The lowest BCUT2D eigenvalue weighted by atomic mass is 10.2. The molecule has 3 nitrogen and oxygen atoms in total. The molecule has 0 heterocycles. The fourth-order valence-electron chi connectivity index (χ4n) is 2.75. The lowest BCUT2D eigenvalue weighted by Crippen LogP contribution is -2.40. The number of nitrogens with one attached hydrogen (secondary N) is 1. The molecular formula is C17H27NO2S. The molecule has 0 aromatic heterocycles. The van der Waals surface area contributed by atoms with Gasteiger partial charge >= 0.3 is 0 Å². The maximum Gasteiger partial charge on any atom is 0.119 e. The Kier molecular flexibility index (Phi) is 6.87. The van der Waals surface area contributed by atoms with Crippen molar-refractivity contribution in [3.8, 4) is 5.75 Å². The second-order valence-electron chi connectivity index (χ2n) is 5.72. The summed E-state index contributed by atoms with van der Waals surface area (Å²) in [5.74, 6) is 1.99. The van der Waals surface area contributed by atoms with Gasteiger partial charge in [-0.2, -0.15) is 11.8 Å². The number of hydrogen-bond acceptors (Lipinski definition) is 4. The Balaban J connectivity index is 1.67. The number of thioether (sulfide) groups is 1. The highest BCUT2D eigenvalue weighted by Gasteiger charge is 2.27. The summed E-state index contributed by atoms with van der Waals surface area (Å²) in [6.45, 7) is 5.21. The Morgan fingerprint density at radius 1 is 1.33 bits per heavy atom. The van der Waals surface area contributed by atoms with Gasteiger partial charge in [-0.3, -0.25) is 0 Å². The molecule has 1 aromatic rings. The fourth-order valence-corrected chi connectivity index (χ4v) is 3.97. The summed E-state index contributed by atoms with van der Waals surface area (Å²) in [6.07, 6.45) is 3.36. The zero-order chi connectivity index (χ0) is 15.1. The van der Waals surface area contributed by atoms with Crippen molar-refractivity contribution in [3.63, 3.8) is 0 Å². The first-order valence-corrected chi connectivity index (χ1v) is 8.96. The van der Waals surface area contributed by atoms with Gasteiger partial charge in [-0.05, 0) is 37.7 Å². The van der Waals surface area contributed by atoms with Gasteiger partial charge in [-0.25, -0.2) is 0 Å². The van der Waals surface area contributed by atoms with E-state index < -0.39 is 6.10 Å². The van der Waals surface area contributed by atoms with Crippen LogP contribution in [0.3, 0.4) is 0 Å². The molecule has 3 unspecified atom stereocenters. The highest BCUT2D eigenvalue weighted by Crippen LogP contribution is 2.29. The van der Waals surface area contributed by atoms with Crippen molar-refractivity contribution in [1.29, 1.82) is 0 Å². The Labute approximate surface area is 132 Å². The van der Waals surface area contributed by atoms with Crippen LogP contribution in [-0.2, 0) is 0 Å². The Bertz CT molecular complexity index is 410. The third kappa shape index (κ3) is 5.53. The first kappa shape index (κ1) is 16.7. The van der Waals surface area contributed by atoms with Gasteiger partial charge in [0.25, 0.3) is 0 Å². The van der Waals surface area contributed by atoms with Crippen LogP contribution in [0.4, 0.5) is 0 Å². The van der Waals surface area contributed by atoms with Gasteiger partial charge in [-0.1, -0.05) is 31.0 Å². The molecule has 21 heavy (non-hydrogen) atoms. The molecule has 1 aromatic carbocycles. The van der Waals surface area contributed by atoms with E-state index in [1.54, 1.807) is 0 Å². The van der Waals surface area contributed by atoms with Crippen LogP contribution in [0, 0.1) is 6.92 Å². The molecule has 4 heteroatoms. The molecular weight excluding hydrogens is 282 g/mol. The number of aryl methyl sites for hydroxylation is 1. The topological polar surface area (TPSA) is 41.5 Å². The fraction of sp³-hybridized carbons (Fsp3) is 0.647. The predicted octanol–water partition coefficient (Wildman–Crippen LogP) is 3.00. The molecule has 118 valence electrons. The van der Waals surface area contributed by atoms with Crippen LogP contribution >= 0.6 is 11.8 Å². The SMILES string of the molecule is CCSC1CCCC1NCC(O)COc1ccc(C)cc1. The smallest absolute Gasteiger partial charge is 0.119 e. The quantitative estimate of drug-likeness (QED) is 0.774. The number of ether oxygens (including phenoxy) is 1. The molecule has 0 radical (unpaired) electrons. The minimum absolute atomic E-state index is 0.342. The number of benzene rings is 1. The van der Waals surface area contributed by atoms with Crippen molar-refractivity contribution in [3.05, 3.63) is 29.8 Å². The van der Waals surface area contributed by atoms with Gasteiger partial charge < -0.3 is 15.2 Å². The van der Waals surface area contributed by atoms with Crippen LogP contribution < -0.4 is 10.1 Å². The van der Waals surface area contributed by atoms with Crippen molar-refractivity contribution < 1.29 is 9.84 Å². The molecule has 3 atom stereocenters. The van der Waals surface area contributed by atoms with Gasteiger partial charge in [-0.15, -0.1) is 0 Å². The van der Waals surface area contributed by atoms with Gasteiger partial charge in [0, 0.05) is 17.8 Å². The number of aliphatic hydroxyl groups is 1. The highest BCUT2D eigenvalue weighted by molar-refractivity contribution is 7.99. The first-order chi connectivity index (χ1) is 10.2. The van der Waals surface area contributed by atoms with Crippen molar-refractivity contribution in [2.24, 2.45) is 0 Å². The van der Waals surface area contributed by atoms with Gasteiger partial charge in [0.15, 0.2) is 0 Å². The number of rotatable bonds is 8. The number of aliphatic hydroxyl groups excluding tert-OH is 1. The lowest BCUT2D eigenvalue weighted by molar-refractivity contribution is 0.104. The van der Waals surface area contributed by atoms with E-state index in [4.69, 9.17) is 4.74 Å². The molecule has 2 rings (SSSR count). The molecule has 1 saturated carbocycles. The largest absolute Gasteiger partial charge is 0.491 e. The molecule has 1 aliphatic carbocycles. The van der Waals surface area contributed by atoms with E-state index in [2.05, 4.69) is 19.2 Å². The predicted molar refractivity (Wildman–Crippen MR) is 90.2 cm³/mol. The summed E-state index contributed by atoms with van der Waals surface area (Å²) < 4.78 is 5.62. The summed E-state index contributed by atoms with van der Waals surface area (Å²) in [6, 6.07) is 8.47. The molecule has 2 N–H and O–H groups in total. The minimum atomic E-state index is -0.459. The maximum absolute atomic E-state index is 10.0. The van der Waals surface area contributed by atoms with Crippen LogP contribution in [0.25, 0.3) is 0 Å². The average molecular weight is 309 g/mol. The lowest BCUT2D eigenvalue weighted by Gasteiger charge is -2.22. The molecule has 0 bridgehead atoms. The monoisotopic (exact) mass is 309 g/mol. The third-order valence-electron chi connectivity index (χ3n) is 3.91. The van der Waals surface area contributed by atoms with E-state index in [1.165, 1.54) is 30.6 Å². The summed E-state index contributed by atoms with van der Waals surface area (Å²) >= 11 is 2.03. The Morgan fingerprint density at radius 2 is 2.10 bits per heavy atom. The van der Waals surface area contributed by atoms with E-state index in [1.807, 2.05) is 36.0 Å². The van der Waals surface area contributed by atoms with Crippen molar-refractivity contribution in [2.75, 3.05) is 18.9 Å². The first-order valence-electron chi connectivity index (χ1n) is 7.91. The van der Waals surface area contributed by atoms with E-state index in [-0.39, 0.29) is 0 Å². The third-order valence-corrected chi connectivity index (χ3v) is 5.24. The van der Waals surface area contributed by atoms with Gasteiger partial charge in [0.05, 0.1) is 0 Å². The number of hydrogen-bond donors (Lipinski definition) is 2. The van der Waals surface area contributed by atoms with Crippen LogP contribution in [-0.4, -0.2) is 41.4 Å². The zero-order valence-corrected chi connectivity index (χ0v) is 13.9. The normalized spacial score (nSPS) is 23.2. The van der Waals surface area contributed by atoms with Crippen LogP contribution in [0.2, 0.25) is 0 Å². The molecule has 1 aliphatic rings. The second-order valence-corrected chi connectivity index (χ2v) is 7.23. The van der Waals surface area contributed by atoms with Crippen molar-refractivity contribution in [2.45, 2.75) is 50.5 Å². The molecule has 0 amide bonds. The average Bonchev–Trinajstić information content (AvgIpc) is 2.92. The van der Waals surface area contributed by atoms with E-state index in [0.29, 0.717) is 24.4 Å². The summed E-state index contributed by atoms with van der Waals surface area (Å²) in [7, 11) is 0. The zero-order valence-electron chi connectivity index (χ0n) is 13.0. The van der Waals surface area contributed by atoms with Gasteiger partial charge in [0.2, 0.25) is 0 Å². The second kappa shape index (κ2) is 8.66. The van der Waals surface area contributed by atoms with E-state index in [9.17, 15) is 5.11 Å². The summed E-state index contributed by atoms with van der Waals surface area (Å²) in [5.41, 5.74) is 1.21. The van der Waals surface area contributed by atoms with Crippen LogP contribution in [0.5, 0.6) is 5.75 Å². The van der Waals surface area contributed by atoms with E-state index in [0.717, 1.165) is 5.75 Å². The maximum atomic E-state index is 10.0. The van der Waals surface area contributed by atoms with Crippen molar-refractivity contribution in [1.82, 2.24) is 5.32 Å². The molecule has 0 spiro atoms. The van der Waals surface area contributed by atoms with Gasteiger partial charge in [0.1, 0.15) is 18.5 Å². The van der Waals surface area contributed by atoms with Crippen LogP contribution in [0.1, 0.15) is 31.7 Å². The minimum Gasteiger partial charge on any atom is -0.491 e.